The molecule has 0 unspecified atom stereocenters. The normalized spacial score (nSPS) is 13.5. The Balaban J connectivity index is 1.32. The maximum atomic E-state index is 12.2. The molecule has 0 saturated heterocycles. The zero-order valence-corrected chi connectivity index (χ0v) is 26.5. The van der Waals surface area contributed by atoms with Gasteiger partial charge in [-0.05, 0) is 67.8 Å². The second-order valence-corrected chi connectivity index (χ2v) is 10.7. The molecular formula is C32H36N8O9. The minimum Gasteiger partial charge on any atom is -0.468 e. The van der Waals surface area contributed by atoms with Crippen molar-refractivity contribution in [1.29, 1.82) is 0 Å². The highest BCUT2D eigenvalue weighted by Gasteiger charge is 2.25. The van der Waals surface area contributed by atoms with Crippen molar-refractivity contribution >= 4 is 70.4 Å². The highest BCUT2D eigenvalue weighted by molar-refractivity contribution is 6.15. The number of rotatable bonds is 18. The van der Waals surface area contributed by atoms with Crippen molar-refractivity contribution in [3.8, 4) is 0 Å². The Labute approximate surface area is 280 Å². The molecule has 0 aliphatic carbocycles. The molecule has 0 fully saturated rings. The van der Waals surface area contributed by atoms with Gasteiger partial charge in [0.15, 0.2) is 0 Å². The van der Waals surface area contributed by atoms with E-state index in [9.17, 15) is 38.4 Å². The van der Waals surface area contributed by atoms with Crippen LogP contribution in [0.5, 0.6) is 0 Å². The van der Waals surface area contributed by atoms with E-state index < -0.39 is 59.9 Å². The summed E-state index contributed by atoms with van der Waals surface area (Å²) in [4.78, 5) is 95.1. The number of anilines is 2. The van der Waals surface area contributed by atoms with Crippen molar-refractivity contribution in [3.63, 3.8) is 0 Å². The maximum Gasteiger partial charge on any atom is 0.322 e. The fourth-order valence-corrected chi connectivity index (χ4v) is 4.32. The Morgan fingerprint density at radius 1 is 0.796 bits per heavy atom. The molecule has 6 amide bonds. The molecule has 0 bridgehead atoms. The maximum absolute atomic E-state index is 12.2. The summed E-state index contributed by atoms with van der Waals surface area (Å²) in [6.45, 7) is -1.07. The Kier molecular flexibility index (Phi) is 14.4. The van der Waals surface area contributed by atoms with Gasteiger partial charge >= 0.3 is 5.97 Å². The molecule has 1 aliphatic heterocycles. The summed E-state index contributed by atoms with van der Waals surface area (Å²) >= 11 is 0. The molecule has 0 spiro atoms. The highest BCUT2D eigenvalue weighted by Crippen LogP contribution is 2.22. The molecule has 0 radical (unpaired) electrons. The molecule has 17 nitrogen and oxygen atoms in total. The van der Waals surface area contributed by atoms with E-state index in [0.717, 1.165) is 17.1 Å². The standard InChI is InChI=1S/C32H36N8O9/c1-49-32(48)25(33)15-20(19-41)3-2-4-26(42)34-16-27(43)35-17-28(44)36-21-5-9-23(10-6-21)38-39-24-11-7-22(8-12-24)37-29(45)18-40-30(46)13-14-31(40)47/h5-14,19-20,25H,2-4,15-18,33H2,1H3,(H,34,42)(H,35,43)(H,36,44)(H,37,45)/t20-,25+/m1/s1. The Hall–Kier alpha value is -6.10. The monoisotopic (exact) mass is 676 g/mol. The van der Waals surface area contributed by atoms with Crippen LogP contribution in [0.1, 0.15) is 25.7 Å². The van der Waals surface area contributed by atoms with Crippen molar-refractivity contribution in [2.24, 2.45) is 21.9 Å². The van der Waals surface area contributed by atoms with Crippen LogP contribution in [0, 0.1) is 5.92 Å². The first-order valence-electron chi connectivity index (χ1n) is 15.0. The number of hydrogen-bond acceptors (Lipinski definition) is 12. The van der Waals surface area contributed by atoms with Gasteiger partial charge < -0.3 is 36.5 Å². The number of imide groups is 1. The van der Waals surface area contributed by atoms with E-state index in [0.29, 0.717) is 41.9 Å². The van der Waals surface area contributed by atoms with Crippen LogP contribution in [0.2, 0.25) is 0 Å². The molecule has 3 rings (SSSR count). The lowest BCUT2D eigenvalue weighted by Crippen LogP contribution is -2.40. The largest absolute Gasteiger partial charge is 0.468 e. The first-order chi connectivity index (χ1) is 23.5. The number of nitrogens with two attached hydrogens (primary N) is 1. The van der Waals surface area contributed by atoms with Gasteiger partial charge in [0.2, 0.25) is 23.6 Å². The molecule has 0 aromatic heterocycles. The fourth-order valence-electron chi connectivity index (χ4n) is 4.32. The van der Waals surface area contributed by atoms with Crippen LogP contribution >= 0.6 is 0 Å². The van der Waals surface area contributed by atoms with E-state index in [1.807, 2.05) is 0 Å². The number of nitrogens with one attached hydrogen (secondary N) is 4. The SMILES string of the molecule is COC(=O)[C@@H](N)C[C@H](C=O)CCCC(=O)NCC(=O)NCC(=O)Nc1ccc(N=Nc2ccc(NC(=O)CN3C(=O)C=CC3=O)cc2)cc1. The number of benzene rings is 2. The summed E-state index contributed by atoms with van der Waals surface area (Å²) in [7, 11) is 1.20. The molecule has 17 heteroatoms. The molecule has 1 aliphatic rings. The highest BCUT2D eigenvalue weighted by atomic mass is 16.5. The Bertz CT molecular complexity index is 1590. The van der Waals surface area contributed by atoms with Crippen molar-refractivity contribution < 1.29 is 43.1 Å². The van der Waals surface area contributed by atoms with Gasteiger partial charge in [-0.1, -0.05) is 0 Å². The number of carbonyl (C=O) groups excluding carboxylic acids is 8. The third-order valence-electron chi connectivity index (χ3n) is 6.91. The number of hydrogen-bond donors (Lipinski definition) is 5. The van der Waals surface area contributed by atoms with Crippen molar-refractivity contribution in [2.45, 2.75) is 31.7 Å². The van der Waals surface area contributed by atoms with Crippen LogP contribution in [0.15, 0.2) is 70.9 Å². The predicted octanol–water partition coefficient (Wildman–Crippen LogP) is 1.01. The van der Waals surface area contributed by atoms with Gasteiger partial charge in [0.25, 0.3) is 11.8 Å². The molecule has 258 valence electrons. The lowest BCUT2D eigenvalue weighted by atomic mass is 9.96. The first-order valence-corrected chi connectivity index (χ1v) is 15.0. The molecular weight excluding hydrogens is 640 g/mol. The van der Waals surface area contributed by atoms with Crippen molar-refractivity contribution in [1.82, 2.24) is 15.5 Å². The first kappa shape index (κ1) is 37.4. The average molecular weight is 677 g/mol. The number of amides is 6. The Morgan fingerprint density at radius 2 is 1.31 bits per heavy atom. The smallest absolute Gasteiger partial charge is 0.322 e. The predicted molar refractivity (Wildman–Crippen MR) is 174 cm³/mol. The summed E-state index contributed by atoms with van der Waals surface area (Å²) in [5.74, 6) is -4.24. The number of carbonyl (C=O) groups is 8. The van der Waals surface area contributed by atoms with Crippen molar-refractivity contribution in [3.05, 3.63) is 60.7 Å². The number of esters is 1. The minimum absolute atomic E-state index is 0.0557. The van der Waals surface area contributed by atoms with Crippen LogP contribution in [0.25, 0.3) is 0 Å². The van der Waals surface area contributed by atoms with E-state index in [4.69, 9.17) is 5.73 Å². The molecule has 49 heavy (non-hydrogen) atoms. The zero-order valence-electron chi connectivity index (χ0n) is 26.5. The van der Waals surface area contributed by atoms with Gasteiger partial charge in [-0.25, -0.2) is 0 Å². The average Bonchev–Trinajstić information content (AvgIpc) is 3.41. The van der Waals surface area contributed by atoms with Gasteiger partial charge in [-0.2, -0.15) is 10.2 Å². The second-order valence-electron chi connectivity index (χ2n) is 10.7. The van der Waals surface area contributed by atoms with E-state index in [1.54, 1.807) is 48.5 Å². The van der Waals surface area contributed by atoms with Gasteiger partial charge in [-0.3, -0.25) is 38.5 Å². The van der Waals surface area contributed by atoms with E-state index >= 15 is 0 Å². The number of nitrogens with zero attached hydrogens (tertiary/aromatic N) is 3. The van der Waals surface area contributed by atoms with Crippen LogP contribution in [-0.2, 0) is 43.1 Å². The molecule has 6 N–H and O–H groups in total. The van der Waals surface area contributed by atoms with Crippen molar-refractivity contribution in [2.75, 3.05) is 37.4 Å². The summed E-state index contributed by atoms with van der Waals surface area (Å²) < 4.78 is 4.53. The summed E-state index contributed by atoms with van der Waals surface area (Å²) in [5.41, 5.74) is 7.52. The molecule has 0 saturated carbocycles. The van der Waals surface area contributed by atoms with Gasteiger partial charge in [0.05, 0.1) is 31.6 Å². The third kappa shape index (κ3) is 12.9. The molecule has 2 atom stereocenters. The van der Waals surface area contributed by atoms with E-state index in [-0.39, 0.29) is 25.9 Å². The van der Waals surface area contributed by atoms with Crippen LogP contribution in [0.3, 0.4) is 0 Å². The summed E-state index contributed by atoms with van der Waals surface area (Å²) in [6.07, 6.45) is 3.73. The molecule has 2 aromatic carbocycles. The summed E-state index contributed by atoms with van der Waals surface area (Å²) in [6, 6.07) is 11.9. The lowest BCUT2D eigenvalue weighted by molar-refractivity contribution is -0.142. The second kappa shape index (κ2) is 18.9. The quantitative estimate of drug-likeness (QED) is 0.0649. The number of ether oxygens (including phenoxy) is 1. The third-order valence-corrected chi connectivity index (χ3v) is 6.91. The zero-order chi connectivity index (χ0) is 35.8. The van der Waals surface area contributed by atoms with Gasteiger partial charge in [0.1, 0.15) is 18.9 Å². The Morgan fingerprint density at radius 3 is 1.84 bits per heavy atom. The van der Waals surface area contributed by atoms with E-state index in [1.165, 1.54) is 7.11 Å². The minimum atomic E-state index is -0.928. The molecule has 2 aromatic rings. The summed E-state index contributed by atoms with van der Waals surface area (Å²) in [5, 5.41) is 18.3. The van der Waals surface area contributed by atoms with Crippen LogP contribution < -0.4 is 27.0 Å². The van der Waals surface area contributed by atoms with E-state index in [2.05, 4.69) is 36.2 Å². The van der Waals surface area contributed by atoms with Crippen LogP contribution in [-0.4, -0.2) is 85.4 Å². The lowest BCUT2D eigenvalue weighted by Gasteiger charge is -2.14. The van der Waals surface area contributed by atoms with Crippen LogP contribution in [0.4, 0.5) is 22.7 Å². The van der Waals surface area contributed by atoms with Gasteiger partial charge in [0, 0.05) is 35.9 Å². The number of methoxy groups -OCH3 is 1. The van der Waals surface area contributed by atoms with Gasteiger partial charge in [-0.15, -0.1) is 0 Å². The topological polar surface area (TPSA) is 248 Å². The molecule has 1 heterocycles. The number of azo groups is 1. The fraction of sp³-hybridized carbons (Fsp3) is 0.312. The number of aldehydes is 1.